The molecule has 3 atom stereocenters. The molecule has 21 heavy (non-hydrogen) atoms. The highest BCUT2D eigenvalue weighted by Gasteiger charge is 2.36. The van der Waals surface area contributed by atoms with Crippen molar-refractivity contribution >= 4 is 0 Å². The minimum atomic E-state index is 0.554. The first-order chi connectivity index (χ1) is 10.3. The second kappa shape index (κ2) is 5.16. The predicted octanol–water partition coefficient (Wildman–Crippen LogP) is 4.67. The Morgan fingerprint density at radius 2 is 1.52 bits per heavy atom. The van der Waals surface area contributed by atoms with Gasteiger partial charge in [0.2, 0.25) is 0 Å². The van der Waals surface area contributed by atoms with Crippen LogP contribution in [0.25, 0.3) is 11.1 Å². The van der Waals surface area contributed by atoms with Crippen molar-refractivity contribution in [3.05, 3.63) is 72.3 Å². The van der Waals surface area contributed by atoms with E-state index < -0.39 is 0 Å². The molecule has 1 aliphatic carbocycles. The Kier molecular flexibility index (Phi) is 3.16. The largest absolute Gasteiger partial charge is 0.292 e. The number of nitrogens with zero attached hydrogens (tertiary/aromatic N) is 1. The standard InChI is InChI=1S/C20H21N/c1-21-19-13-11-18(12-14-19)20(21)17-9-7-16(8-10-17)15-5-3-2-4-6-15/h2-11,13,18-20H,12,14H2,1H3. The molecule has 0 amide bonds. The number of benzene rings is 2. The molecular weight excluding hydrogens is 254 g/mol. The molecule has 1 saturated heterocycles. The highest BCUT2D eigenvalue weighted by atomic mass is 15.2. The number of hydrogen-bond donors (Lipinski definition) is 0. The van der Waals surface area contributed by atoms with Crippen molar-refractivity contribution in [3.8, 4) is 11.1 Å². The van der Waals surface area contributed by atoms with Crippen LogP contribution in [0.3, 0.4) is 0 Å². The number of hydrogen-bond acceptors (Lipinski definition) is 1. The zero-order chi connectivity index (χ0) is 14.2. The number of rotatable bonds is 2. The van der Waals surface area contributed by atoms with Crippen molar-refractivity contribution in [3.63, 3.8) is 0 Å². The topological polar surface area (TPSA) is 3.24 Å². The van der Waals surface area contributed by atoms with Crippen molar-refractivity contribution in [2.75, 3.05) is 7.05 Å². The van der Waals surface area contributed by atoms with Gasteiger partial charge < -0.3 is 0 Å². The van der Waals surface area contributed by atoms with E-state index in [1.54, 1.807) is 0 Å². The van der Waals surface area contributed by atoms with Gasteiger partial charge in [0.1, 0.15) is 0 Å². The van der Waals surface area contributed by atoms with Gasteiger partial charge >= 0.3 is 0 Å². The summed E-state index contributed by atoms with van der Waals surface area (Å²) in [6.45, 7) is 0. The summed E-state index contributed by atoms with van der Waals surface area (Å²) in [5.74, 6) is 0.683. The summed E-state index contributed by atoms with van der Waals surface area (Å²) in [6.07, 6.45) is 7.47. The maximum absolute atomic E-state index is 2.55. The van der Waals surface area contributed by atoms with Crippen LogP contribution in [0.4, 0.5) is 0 Å². The van der Waals surface area contributed by atoms with Gasteiger partial charge in [-0.2, -0.15) is 0 Å². The molecule has 0 spiro atoms. The summed E-state index contributed by atoms with van der Waals surface area (Å²) >= 11 is 0. The molecule has 2 bridgehead atoms. The van der Waals surface area contributed by atoms with Crippen LogP contribution in [0, 0.1) is 5.92 Å². The number of piperidine rings is 1. The van der Waals surface area contributed by atoms with Gasteiger partial charge in [0, 0.05) is 12.1 Å². The molecule has 0 radical (unpaired) electrons. The van der Waals surface area contributed by atoms with Crippen molar-refractivity contribution in [1.82, 2.24) is 4.90 Å². The van der Waals surface area contributed by atoms with Crippen LogP contribution in [0.2, 0.25) is 0 Å². The third kappa shape index (κ3) is 2.22. The average molecular weight is 275 g/mol. The molecule has 2 aliphatic heterocycles. The fraction of sp³-hybridized carbons (Fsp3) is 0.300. The molecule has 1 nitrogen and oxygen atoms in total. The van der Waals surface area contributed by atoms with E-state index in [9.17, 15) is 0 Å². The van der Waals surface area contributed by atoms with E-state index >= 15 is 0 Å². The van der Waals surface area contributed by atoms with E-state index in [1.807, 2.05) is 0 Å². The summed E-state index contributed by atoms with van der Waals surface area (Å²) in [5, 5.41) is 0. The minimum Gasteiger partial charge on any atom is -0.292 e. The molecule has 3 aliphatic rings. The summed E-state index contributed by atoms with van der Waals surface area (Å²) in [7, 11) is 2.27. The molecule has 0 aromatic heterocycles. The van der Waals surface area contributed by atoms with Crippen LogP contribution in [-0.4, -0.2) is 18.0 Å². The Labute approximate surface area is 126 Å². The average Bonchev–Trinajstić information content (AvgIpc) is 2.57. The van der Waals surface area contributed by atoms with E-state index in [-0.39, 0.29) is 0 Å². The maximum Gasteiger partial charge on any atom is 0.0413 e. The lowest BCUT2D eigenvalue weighted by atomic mass is 9.77. The molecule has 2 aromatic rings. The third-order valence-corrected chi connectivity index (χ3v) is 5.10. The highest BCUT2D eigenvalue weighted by molar-refractivity contribution is 5.63. The summed E-state index contributed by atoms with van der Waals surface area (Å²) in [6, 6.07) is 21.0. The molecule has 106 valence electrons. The van der Waals surface area contributed by atoms with Crippen LogP contribution in [0.5, 0.6) is 0 Å². The van der Waals surface area contributed by atoms with Crippen molar-refractivity contribution in [2.45, 2.75) is 24.9 Å². The molecule has 0 N–H and O–H groups in total. The fourth-order valence-corrected chi connectivity index (χ4v) is 3.92. The van der Waals surface area contributed by atoms with Gasteiger partial charge in [0.05, 0.1) is 0 Å². The molecule has 1 heteroatoms. The lowest BCUT2D eigenvalue weighted by Gasteiger charge is -2.46. The molecule has 3 unspecified atom stereocenters. The van der Waals surface area contributed by atoms with E-state index in [0.29, 0.717) is 18.0 Å². The van der Waals surface area contributed by atoms with Gasteiger partial charge in [0.25, 0.3) is 0 Å². The third-order valence-electron chi connectivity index (χ3n) is 5.10. The first-order valence-corrected chi connectivity index (χ1v) is 7.88. The van der Waals surface area contributed by atoms with Crippen LogP contribution in [-0.2, 0) is 0 Å². The normalized spacial score (nSPS) is 28.0. The van der Waals surface area contributed by atoms with Gasteiger partial charge in [-0.3, -0.25) is 4.90 Å². The lowest BCUT2D eigenvalue weighted by molar-refractivity contribution is 0.0926. The Morgan fingerprint density at radius 1 is 0.810 bits per heavy atom. The molecule has 5 rings (SSSR count). The quantitative estimate of drug-likeness (QED) is 0.720. The Morgan fingerprint density at radius 3 is 2.14 bits per heavy atom. The minimum absolute atomic E-state index is 0.554. The lowest BCUT2D eigenvalue weighted by Crippen LogP contribution is -2.44. The molecule has 2 aromatic carbocycles. The van der Waals surface area contributed by atoms with Gasteiger partial charge in [-0.05, 0) is 42.5 Å². The zero-order valence-corrected chi connectivity index (χ0v) is 12.4. The Balaban J connectivity index is 1.64. The first-order valence-electron chi connectivity index (χ1n) is 7.88. The Hall–Kier alpha value is -1.86. The summed E-state index contributed by atoms with van der Waals surface area (Å²) in [5.41, 5.74) is 4.05. The predicted molar refractivity (Wildman–Crippen MR) is 88.0 cm³/mol. The zero-order valence-electron chi connectivity index (χ0n) is 12.4. The van der Waals surface area contributed by atoms with Gasteiger partial charge in [0.15, 0.2) is 0 Å². The number of likely N-dealkylation sites (N-methyl/N-ethyl adjacent to an activating group) is 1. The van der Waals surface area contributed by atoms with Crippen LogP contribution < -0.4 is 0 Å². The second-order valence-corrected chi connectivity index (χ2v) is 6.29. The summed E-state index contributed by atoms with van der Waals surface area (Å²) < 4.78 is 0. The van der Waals surface area contributed by atoms with Gasteiger partial charge in [-0.15, -0.1) is 0 Å². The van der Waals surface area contributed by atoms with Crippen LogP contribution in [0.15, 0.2) is 66.7 Å². The molecule has 0 saturated carbocycles. The van der Waals surface area contributed by atoms with Crippen LogP contribution >= 0.6 is 0 Å². The van der Waals surface area contributed by atoms with Gasteiger partial charge in [-0.1, -0.05) is 66.7 Å². The van der Waals surface area contributed by atoms with Crippen molar-refractivity contribution in [1.29, 1.82) is 0 Å². The van der Waals surface area contributed by atoms with E-state index in [4.69, 9.17) is 0 Å². The maximum atomic E-state index is 2.55. The molecule has 2 heterocycles. The fourth-order valence-electron chi connectivity index (χ4n) is 3.92. The summed E-state index contributed by atoms with van der Waals surface area (Å²) in [4.78, 5) is 2.55. The molecule has 1 fully saturated rings. The van der Waals surface area contributed by atoms with Crippen LogP contribution in [0.1, 0.15) is 24.4 Å². The first kappa shape index (κ1) is 12.8. The van der Waals surface area contributed by atoms with E-state index in [1.165, 1.54) is 29.5 Å². The Bertz CT molecular complexity index is 641. The van der Waals surface area contributed by atoms with Crippen molar-refractivity contribution in [2.24, 2.45) is 5.92 Å². The second-order valence-electron chi connectivity index (χ2n) is 6.29. The highest BCUT2D eigenvalue weighted by Crippen LogP contribution is 2.42. The monoisotopic (exact) mass is 275 g/mol. The van der Waals surface area contributed by atoms with Gasteiger partial charge in [-0.25, -0.2) is 0 Å². The van der Waals surface area contributed by atoms with Crippen molar-refractivity contribution < 1.29 is 0 Å². The number of fused-ring (bicyclic) bond motifs is 2. The van der Waals surface area contributed by atoms with E-state index in [2.05, 4.69) is 78.7 Å². The van der Waals surface area contributed by atoms with E-state index in [0.717, 1.165) is 0 Å². The smallest absolute Gasteiger partial charge is 0.0413 e. The molecular formula is C20H21N. The SMILES string of the molecule is CN1C2C=CC(CC2)C1c1ccc(-c2ccccc2)cc1.